The van der Waals surface area contributed by atoms with Crippen molar-refractivity contribution in [2.24, 2.45) is 11.1 Å². The number of ether oxygens (including phenoxy) is 3. The highest BCUT2D eigenvalue weighted by Gasteiger charge is 2.45. The lowest BCUT2D eigenvalue weighted by Gasteiger charge is -2.44. The molecule has 2 aliphatic rings. The molecule has 2 aromatic rings. The third-order valence-electron chi connectivity index (χ3n) is 6.83. The van der Waals surface area contributed by atoms with E-state index in [4.69, 9.17) is 19.9 Å². The number of nitrogens with two attached hydrogens (primary N) is 1. The van der Waals surface area contributed by atoms with Crippen LogP contribution in [0.3, 0.4) is 0 Å². The van der Waals surface area contributed by atoms with Crippen molar-refractivity contribution in [1.29, 1.82) is 5.26 Å². The number of methoxy groups -OCH3 is 3. The second-order valence-corrected chi connectivity index (χ2v) is 9.99. The number of benzene rings is 2. The lowest BCUT2D eigenvalue weighted by Crippen LogP contribution is -2.42. The molecule has 2 aromatic carbocycles. The van der Waals surface area contributed by atoms with Crippen LogP contribution in [0.1, 0.15) is 43.7 Å². The van der Waals surface area contributed by atoms with E-state index in [-0.39, 0.29) is 29.3 Å². The quantitative estimate of drug-likeness (QED) is 0.535. The zero-order valence-electron chi connectivity index (χ0n) is 21.7. The Morgan fingerprint density at radius 2 is 1.68 bits per heavy atom. The van der Waals surface area contributed by atoms with Gasteiger partial charge < -0.3 is 19.9 Å². The maximum Gasteiger partial charge on any atom is 0.416 e. The van der Waals surface area contributed by atoms with Crippen molar-refractivity contribution in [2.75, 3.05) is 26.2 Å². The van der Waals surface area contributed by atoms with Crippen molar-refractivity contribution < 1.29 is 32.2 Å². The molecule has 1 unspecified atom stereocenters. The normalized spacial score (nSPS) is 19.2. The Balaban J connectivity index is 2.03. The molecule has 1 atom stereocenters. The number of alkyl halides is 3. The van der Waals surface area contributed by atoms with Crippen molar-refractivity contribution in [2.45, 2.75) is 38.8 Å². The number of anilines is 1. The van der Waals surface area contributed by atoms with E-state index < -0.39 is 23.1 Å². The number of halogens is 3. The Kier molecular flexibility index (Phi) is 6.82. The molecule has 0 fully saturated rings. The highest BCUT2D eigenvalue weighted by molar-refractivity contribution is 6.01. The van der Waals surface area contributed by atoms with Gasteiger partial charge in [0.2, 0.25) is 5.75 Å². The number of hydrogen-bond acceptors (Lipinski definition) is 7. The third kappa shape index (κ3) is 4.53. The number of allylic oxidation sites excluding steroid dienone is 3. The highest BCUT2D eigenvalue weighted by atomic mass is 19.4. The summed E-state index contributed by atoms with van der Waals surface area (Å²) in [6, 6.07) is 10.1. The minimum absolute atomic E-state index is 0.0310. The lowest BCUT2D eigenvalue weighted by atomic mass is 9.68. The lowest BCUT2D eigenvalue weighted by molar-refractivity contribution is -0.137. The van der Waals surface area contributed by atoms with Gasteiger partial charge in [-0.05, 0) is 47.7 Å². The van der Waals surface area contributed by atoms with Crippen molar-refractivity contribution in [1.82, 2.24) is 0 Å². The maximum absolute atomic E-state index is 13.7. The fourth-order valence-corrected chi connectivity index (χ4v) is 5.23. The van der Waals surface area contributed by atoms with Crippen LogP contribution in [0.15, 0.2) is 59.1 Å². The van der Waals surface area contributed by atoms with Crippen LogP contribution in [0.2, 0.25) is 0 Å². The second kappa shape index (κ2) is 9.63. The second-order valence-electron chi connectivity index (χ2n) is 9.99. The van der Waals surface area contributed by atoms with Crippen LogP contribution in [0.4, 0.5) is 18.9 Å². The summed E-state index contributed by atoms with van der Waals surface area (Å²) in [5, 5.41) is 10.3. The Morgan fingerprint density at radius 1 is 1.05 bits per heavy atom. The number of rotatable bonds is 5. The van der Waals surface area contributed by atoms with Crippen LogP contribution in [0, 0.1) is 16.7 Å². The molecule has 7 nitrogen and oxygen atoms in total. The summed E-state index contributed by atoms with van der Waals surface area (Å²) < 4.78 is 57.1. The summed E-state index contributed by atoms with van der Waals surface area (Å²) in [5.41, 5.74) is 6.63. The molecule has 0 radical (unpaired) electrons. The molecule has 1 aliphatic heterocycles. The maximum atomic E-state index is 13.7. The van der Waals surface area contributed by atoms with Crippen LogP contribution >= 0.6 is 0 Å². The number of hydrogen-bond donors (Lipinski definition) is 1. The van der Waals surface area contributed by atoms with Gasteiger partial charge in [-0.1, -0.05) is 19.9 Å². The molecule has 0 aromatic heterocycles. The average Bonchev–Trinajstić information content (AvgIpc) is 2.85. The van der Waals surface area contributed by atoms with Gasteiger partial charge in [-0.25, -0.2) is 0 Å². The first kappa shape index (κ1) is 26.9. The van der Waals surface area contributed by atoms with Crippen LogP contribution < -0.4 is 24.8 Å². The van der Waals surface area contributed by atoms with Crippen LogP contribution in [-0.4, -0.2) is 27.1 Å². The van der Waals surface area contributed by atoms with Crippen LogP contribution in [0.5, 0.6) is 17.2 Å². The summed E-state index contributed by atoms with van der Waals surface area (Å²) in [6.07, 6.45) is -4.04. The van der Waals surface area contributed by atoms with Gasteiger partial charge in [0.1, 0.15) is 5.82 Å². The largest absolute Gasteiger partial charge is 0.493 e. The third-order valence-corrected chi connectivity index (χ3v) is 6.83. The number of carbonyl (C=O) groups excluding carboxylic acids is 1. The van der Waals surface area contributed by atoms with Gasteiger partial charge in [0.05, 0.1) is 44.5 Å². The number of Topliss-reactive ketones (excluding diaryl/α,β-unsaturated/α-hetero) is 1. The Hall–Kier alpha value is -4.13. The average molecular weight is 528 g/mol. The van der Waals surface area contributed by atoms with Gasteiger partial charge in [-0.2, -0.15) is 18.4 Å². The molecule has 1 aliphatic carbocycles. The van der Waals surface area contributed by atoms with E-state index in [1.165, 1.54) is 38.4 Å². The number of carbonyl (C=O) groups is 1. The SMILES string of the molecule is COc1cc(C2C(C#N)=C(N)N(c3cccc(C(F)(F)F)c3)C3=C2C(=O)CC(C)(C)C3)cc(OC)c1OC. The van der Waals surface area contributed by atoms with Crippen molar-refractivity contribution >= 4 is 11.5 Å². The van der Waals surface area contributed by atoms with Crippen LogP contribution in [-0.2, 0) is 11.0 Å². The van der Waals surface area contributed by atoms with Crippen LogP contribution in [0.25, 0.3) is 0 Å². The summed E-state index contributed by atoms with van der Waals surface area (Å²) in [6.45, 7) is 3.82. The summed E-state index contributed by atoms with van der Waals surface area (Å²) in [5.74, 6) is -0.162. The molecular weight excluding hydrogens is 499 g/mol. The van der Waals surface area contributed by atoms with Crippen molar-refractivity contribution in [3.8, 4) is 23.3 Å². The van der Waals surface area contributed by atoms with Gasteiger partial charge in [0, 0.05) is 23.4 Å². The highest BCUT2D eigenvalue weighted by Crippen LogP contribution is 2.52. The molecule has 0 amide bonds. The Morgan fingerprint density at radius 3 is 2.21 bits per heavy atom. The molecule has 0 saturated heterocycles. The monoisotopic (exact) mass is 527 g/mol. The predicted molar refractivity (Wildman–Crippen MR) is 135 cm³/mol. The standard InChI is InChI=1S/C28H28F3N3O4/c1-27(2)12-19-24(20(35)13-27)23(15-9-21(36-3)25(38-5)22(10-15)37-4)18(14-32)26(33)34(19)17-8-6-7-16(11-17)28(29,30)31/h6-11,23H,12-13,33H2,1-5H3. The van der Waals surface area contributed by atoms with E-state index >= 15 is 0 Å². The van der Waals surface area contributed by atoms with E-state index in [1.54, 1.807) is 12.1 Å². The molecule has 0 bridgehead atoms. The van der Waals surface area contributed by atoms with E-state index in [9.17, 15) is 23.2 Å². The molecule has 0 saturated carbocycles. The summed E-state index contributed by atoms with van der Waals surface area (Å²) in [4.78, 5) is 15.1. The first-order valence-electron chi connectivity index (χ1n) is 11.8. The van der Waals surface area contributed by atoms with E-state index in [0.717, 1.165) is 12.1 Å². The number of nitriles is 1. The molecule has 38 heavy (non-hydrogen) atoms. The molecule has 10 heteroatoms. The van der Waals surface area contributed by atoms with Gasteiger partial charge in [0.15, 0.2) is 17.3 Å². The molecule has 200 valence electrons. The predicted octanol–water partition coefficient (Wildman–Crippen LogP) is 5.67. The van der Waals surface area contributed by atoms with E-state index in [1.807, 2.05) is 13.8 Å². The molecule has 2 N–H and O–H groups in total. The summed E-state index contributed by atoms with van der Waals surface area (Å²) in [7, 11) is 4.36. The molecule has 4 rings (SSSR count). The topological polar surface area (TPSA) is 97.8 Å². The van der Waals surface area contributed by atoms with E-state index in [2.05, 4.69) is 6.07 Å². The number of nitrogens with zero attached hydrogens (tertiary/aromatic N) is 2. The first-order chi connectivity index (χ1) is 17.9. The molecular formula is C28H28F3N3O4. The fraction of sp³-hybridized carbons (Fsp3) is 0.357. The van der Waals surface area contributed by atoms with Gasteiger partial charge >= 0.3 is 6.18 Å². The zero-order chi connectivity index (χ0) is 28.0. The van der Waals surface area contributed by atoms with Crippen molar-refractivity contribution in [3.05, 3.63) is 70.2 Å². The fourth-order valence-electron chi connectivity index (χ4n) is 5.23. The van der Waals surface area contributed by atoms with Crippen molar-refractivity contribution in [3.63, 3.8) is 0 Å². The zero-order valence-corrected chi connectivity index (χ0v) is 21.7. The Labute approximate surface area is 218 Å². The summed E-state index contributed by atoms with van der Waals surface area (Å²) >= 11 is 0. The number of ketones is 1. The minimum Gasteiger partial charge on any atom is -0.493 e. The Bertz CT molecular complexity index is 1380. The minimum atomic E-state index is -4.58. The van der Waals surface area contributed by atoms with Gasteiger partial charge in [0.25, 0.3) is 0 Å². The molecule has 0 spiro atoms. The molecule has 1 heterocycles. The first-order valence-corrected chi connectivity index (χ1v) is 11.8. The smallest absolute Gasteiger partial charge is 0.416 e. The van der Waals surface area contributed by atoms with Gasteiger partial charge in [-0.3, -0.25) is 9.69 Å². The van der Waals surface area contributed by atoms with E-state index in [0.29, 0.717) is 40.5 Å². The van der Waals surface area contributed by atoms with Gasteiger partial charge in [-0.15, -0.1) is 0 Å².